The highest BCUT2D eigenvalue weighted by Crippen LogP contribution is 2.16. The van der Waals surface area contributed by atoms with Crippen LogP contribution in [-0.2, 0) is 17.9 Å². The molecule has 5 nitrogen and oxygen atoms in total. The molecule has 1 N–H and O–H groups in total. The Morgan fingerprint density at radius 3 is 2.83 bits per heavy atom. The summed E-state index contributed by atoms with van der Waals surface area (Å²) in [6.07, 6.45) is 8.13. The third-order valence-electron chi connectivity index (χ3n) is 4.40. The Balaban J connectivity index is 1.50. The Kier molecular flexibility index (Phi) is 5.64. The molecule has 2 aromatic rings. The van der Waals surface area contributed by atoms with Crippen molar-refractivity contribution in [3.8, 4) is 0 Å². The van der Waals surface area contributed by atoms with E-state index in [9.17, 15) is 4.79 Å². The van der Waals surface area contributed by atoms with Crippen LogP contribution in [-0.4, -0.2) is 33.7 Å². The van der Waals surface area contributed by atoms with Crippen molar-refractivity contribution in [3.05, 3.63) is 47.8 Å². The van der Waals surface area contributed by atoms with Crippen molar-refractivity contribution in [2.24, 2.45) is 0 Å². The molecule has 1 saturated heterocycles. The first-order valence-electron chi connectivity index (χ1n) is 8.79. The van der Waals surface area contributed by atoms with Crippen molar-refractivity contribution >= 4 is 11.6 Å². The molecule has 1 aliphatic heterocycles. The highest BCUT2D eigenvalue weighted by atomic mass is 16.1. The predicted molar refractivity (Wildman–Crippen MR) is 95.8 cm³/mol. The van der Waals surface area contributed by atoms with Gasteiger partial charge in [-0.15, -0.1) is 0 Å². The number of anilines is 1. The minimum atomic E-state index is 0.0262. The third-order valence-corrected chi connectivity index (χ3v) is 4.40. The first-order chi connectivity index (χ1) is 11.7. The number of carbonyl (C=O) groups is 1. The topological polar surface area (TPSA) is 50.2 Å². The van der Waals surface area contributed by atoms with Gasteiger partial charge in [-0.25, -0.2) is 0 Å². The molecule has 3 rings (SSSR count). The van der Waals surface area contributed by atoms with Gasteiger partial charge in [0.25, 0.3) is 0 Å². The lowest BCUT2D eigenvalue weighted by Gasteiger charge is -2.26. The van der Waals surface area contributed by atoms with Gasteiger partial charge in [-0.3, -0.25) is 14.4 Å². The SMILES string of the molecule is Cc1cnn(CCC(=O)Nc2cccc(CN3CCCCC3)c2)c1. The van der Waals surface area contributed by atoms with Crippen molar-refractivity contribution in [1.82, 2.24) is 14.7 Å². The number of benzene rings is 1. The van der Waals surface area contributed by atoms with Crippen LogP contribution >= 0.6 is 0 Å². The summed E-state index contributed by atoms with van der Waals surface area (Å²) < 4.78 is 1.81. The van der Waals surface area contributed by atoms with Crippen LogP contribution in [0.3, 0.4) is 0 Å². The zero-order chi connectivity index (χ0) is 16.8. The van der Waals surface area contributed by atoms with Crippen LogP contribution in [0.2, 0.25) is 0 Å². The monoisotopic (exact) mass is 326 g/mol. The molecule has 0 spiro atoms. The van der Waals surface area contributed by atoms with E-state index in [1.54, 1.807) is 0 Å². The summed E-state index contributed by atoms with van der Waals surface area (Å²) in [5, 5.41) is 7.20. The highest BCUT2D eigenvalue weighted by molar-refractivity contribution is 5.90. The van der Waals surface area contributed by atoms with E-state index in [2.05, 4.69) is 27.4 Å². The molecule has 5 heteroatoms. The second-order valence-electron chi connectivity index (χ2n) is 6.62. The van der Waals surface area contributed by atoms with Crippen molar-refractivity contribution in [2.75, 3.05) is 18.4 Å². The molecule has 1 aromatic carbocycles. The average molecular weight is 326 g/mol. The molecular weight excluding hydrogens is 300 g/mol. The average Bonchev–Trinajstić information content (AvgIpc) is 3.00. The summed E-state index contributed by atoms with van der Waals surface area (Å²) in [6, 6.07) is 8.20. The number of aromatic nitrogens is 2. The molecular formula is C19H26N4O. The van der Waals surface area contributed by atoms with Gasteiger partial charge in [0.2, 0.25) is 5.91 Å². The normalized spacial score (nSPS) is 15.4. The van der Waals surface area contributed by atoms with Crippen LogP contribution in [0.4, 0.5) is 5.69 Å². The van der Waals surface area contributed by atoms with E-state index >= 15 is 0 Å². The fourth-order valence-corrected chi connectivity index (χ4v) is 3.15. The predicted octanol–water partition coefficient (Wildman–Crippen LogP) is 3.21. The standard InChI is InChI=1S/C19H26N4O/c1-16-13-20-23(14-16)11-8-19(24)21-18-7-5-6-17(12-18)15-22-9-3-2-4-10-22/h5-7,12-14H,2-4,8-11,15H2,1H3,(H,21,24). The largest absolute Gasteiger partial charge is 0.326 e. The number of hydrogen-bond acceptors (Lipinski definition) is 3. The Hall–Kier alpha value is -2.14. The second-order valence-corrected chi connectivity index (χ2v) is 6.62. The van der Waals surface area contributed by atoms with Gasteiger partial charge >= 0.3 is 0 Å². The van der Waals surface area contributed by atoms with E-state index in [0.29, 0.717) is 13.0 Å². The van der Waals surface area contributed by atoms with E-state index in [1.807, 2.05) is 36.1 Å². The molecule has 1 fully saturated rings. The highest BCUT2D eigenvalue weighted by Gasteiger charge is 2.11. The molecule has 1 aromatic heterocycles. The number of amides is 1. The van der Waals surface area contributed by atoms with Crippen molar-refractivity contribution in [3.63, 3.8) is 0 Å². The second kappa shape index (κ2) is 8.11. The Labute approximate surface area is 143 Å². The summed E-state index contributed by atoms with van der Waals surface area (Å²) in [5.74, 6) is 0.0262. The van der Waals surface area contributed by atoms with Crippen LogP contribution in [0.5, 0.6) is 0 Å². The number of nitrogens with zero attached hydrogens (tertiary/aromatic N) is 3. The molecule has 0 bridgehead atoms. The number of nitrogens with one attached hydrogen (secondary N) is 1. The van der Waals surface area contributed by atoms with Gasteiger partial charge in [-0.05, 0) is 56.1 Å². The minimum absolute atomic E-state index is 0.0262. The van der Waals surface area contributed by atoms with Gasteiger partial charge in [0, 0.05) is 31.4 Å². The van der Waals surface area contributed by atoms with E-state index in [1.165, 1.54) is 37.9 Å². The maximum absolute atomic E-state index is 12.1. The number of rotatable bonds is 6. The Morgan fingerprint density at radius 2 is 2.08 bits per heavy atom. The smallest absolute Gasteiger partial charge is 0.226 e. The van der Waals surface area contributed by atoms with E-state index in [-0.39, 0.29) is 5.91 Å². The lowest BCUT2D eigenvalue weighted by atomic mass is 10.1. The minimum Gasteiger partial charge on any atom is -0.326 e. The van der Waals surface area contributed by atoms with E-state index in [0.717, 1.165) is 17.8 Å². The lowest BCUT2D eigenvalue weighted by molar-refractivity contribution is -0.116. The Bertz CT molecular complexity index is 674. The number of carbonyl (C=O) groups excluding carboxylic acids is 1. The molecule has 24 heavy (non-hydrogen) atoms. The maximum atomic E-state index is 12.1. The van der Waals surface area contributed by atoms with Crippen molar-refractivity contribution in [2.45, 2.75) is 45.7 Å². The molecule has 1 aliphatic rings. The quantitative estimate of drug-likeness (QED) is 0.887. The molecule has 2 heterocycles. The zero-order valence-electron chi connectivity index (χ0n) is 14.4. The molecule has 0 aliphatic carbocycles. The van der Waals surface area contributed by atoms with Crippen LogP contribution in [0, 0.1) is 6.92 Å². The number of hydrogen-bond donors (Lipinski definition) is 1. The molecule has 128 valence electrons. The van der Waals surface area contributed by atoms with Gasteiger partial charge in [-0.2, -0.15) is 5.10 Å². The third kappa shape index (κ3) is 4.93. The van der Waals surface area contributed by atoms with Gasteiger partial charge in [-0.1, -0.05) is 18.6 Å². The maximum Gasteiger partial charge on any atom is 0.226 e. The number of likely N-dealkylation sites (tertiary alicyclic amines) is 1. The summed E-state index contributed by atoms with van der Waals surface area (Å²) in [7, 11) is 0. The molecule has 0 unspecified atom stereocenters. The number of piperidine rings is 1. The summed E-state index contributed by atoms with van der Waals surface area (Å²) in [5.41, 5.74) is 3.25. The summed E-state index contributed by atoms with van der Waals surface area (Å²) in [6.45, 7) is 5.93. The fraction of sp³-hybridized carbons (Fsp3) is 0.474. The van der Waals surface area contributed by atoms with Crippen LogP contribution in [0.1, 0.15) is 36.8 Å². The lowest BCUT2D eigenvalue weighted by Crippen LogP contribution is -2.29. The molecule has 0 radical (unpaired) electrons. The summed E-state index contributed by atoms with van der Waals surface area (Å²) in [4.78, 5) is 14.6. The fourth-order valence-electron chi connectivity index (χ4n) is 3.15. The van der Waals surface area contributed by atoms with Crippen molar-refractivity contribution in [1.29, 1.82) is 0 Å². The van der Waals surface area contributed by atoms with Crippen LogP contribution in [0.25, 0.3) is 0 Å². The van der Waals surface area contributed by atoms with Crippen LogP contribution in [0.15, 0.2) is 36.7 Å². The molecule has 0 atom stereocenters. The zero-order valence-corrected chi connectivity index (χ0v) is 14.4. The van der Waals surface area contributed by atoms with Gasteiger partial charge in [0.05, 0.1) is 6.20 Å². The van der Waals surface area contributed by atoms with Gasteiger partial charge < -0.3 is 5.32 Å². The first kappa shape index (κ1) is 16.7. The summed E-state index contributed by atoms with van der Waals surface area (Å²) >= 11 is 0. The van der Waals surface area contributed by atoms with Gasteiger partial charge in [0.15, 0.2) is 0 Å². The Morgan fingerprint density at radius 1 is 1.25 bits per heavy atom. The molecule has 1 amide bonds. The number of aryl methyl sites for hydroxylation is 2. The van der Waals surface area contributed by atoms with E-state index < -0.39 is 0 Å². The van der Waals surface area contributed by atoms with Crippen LogP contribution < -0.4 is 5.32 Å². The first-order valence-corrected chi connectivity index (χ1v) is 8.79. The van der Waals surface area contributed by atoms with Gasteiger partial charge in [0.1, 0.15) is 0 Å². The van der Waals surface area contributed by atoms with Crippen molar-refractivity contribution < 1.29 is 4.79 Å². The van der Waals surface area contributed by atoms with E-state index in [4.69, 9.17) is 0 Å². The molecule has 0 saturated carbocycles.